The lowest BCUT2D eigenvalue weighted by Crippen LogP contribution is -2.19. The SMILES string of the molecule is CC(C)OC(=O)Oc1cc(C2CC2)ccc1C(=O)Nc1nc(S(C)=O)cs1. The Hall–Kier alpha value is -2.26. The Balaban J connectivity index is 1.82. The van der Waals surface area contributed by atoms with E-state index in [-0.39, 0.29) is 17.4 Å². The van der Waals surface area contributed by atoms with E-state index in [1.807, 2.05) is 6.07 Å². The first-order chi connectivity index (χ1) is 12.8. The van der Waals surface area contributed by atoms with Crippen LogP contribution in [0.1, 0.15) is 48.5 Å². The molecule has 1 saturated carbocycles. The van der Waals surface area contributed by atoms with Crippen LogP contribution in [0.25, 0.3) is 0 Å². The van der Waals surface area contributed by atoms with Crippen molar-refractivity contribution >= 4 is 39.3 Å². The number of carbonyl (C=O) groups excluding carboxylic acids is 2. The van der Waals surface area contributed by atoms with Crippen molar-refractivity contribution in [2.75, 3.05) is 11.6 Å². The molecule has 1 aliphatic carbocycles. The van der Waals surface area contributed by atoms with Crippen LogP contribution in [0.15, 0.2) is 28.6 Å². The molecule has 1 atom stereocenters. The van der Waals surface area contributed by atoms with Gasteiger partial charge in [-0.05, 0) is 50.3 Å². The molecule has 1 fully saturated rings. The zero-order chi connectivity index (χ0) is 19.6. The first-order valence-corrected chi connectivity index (χ1v) is 10.9. The fourth-order valence-electron chi connectivity index (χ4n) is 2.40. The second-order valence-corrected chi connectivity index (χ2v) is 8.63. The van der Waals surface area contributed by atoms with Crippen molar-refractivity contribution in [2.24, 2.45) is 0 Å². The highest BCUT2D eigenvalue weighted by molar-refractivity contribution is 7.84. The lowest BCUT2D eigenvalue weighted by Gasteiger charge is -2.13. The van der Waals surface area contributed by atoms with Crippen molar-refractivity contribution in [1.29, 1.82) is 0 Å². The molecule has 27 heavy (non-hydrogen) atoms. The van der Waals surface area contributed by atoms with Gasteiger partial charge in [0.1, 0.15) is 10.8 Å². The van der Waals surface area contributed by atoms with E-state index in [1.54, 1.807) is 31.4 Å². The van der Waals surface area contributed by atoms with E-state index in [1.165, 1.54) is 17.6 Å². The van der Waals surface area contributed by atoms with Gasteiger partial charge in [0, 0.05) is 11.6 Å². The molecule has 0 aliphatic heterocycles. The summed E-state index contributed by atoms with van der Waals surface area (Å²) in [7, 11) is -1.22. The quantitative estimate of drug-likeness (QED) is 0.575. The number of amides is 1. The fourth-order valence-corrected chi connectivity index (χ4v) is 3.93. The number of rotatable bonds is 6. The number of ether oxygens (including phenoxy) is 2. The zero-order valence-electron chi connectivity index (χ0n) is 15.2. The number of nitrogens with zero attached hydrogens (tertiary/aromatic N) is 1. The smallest absolute Gasteiger partial charge is 0.431 e. The summed E-state index contributed by atoms with van der Waals surface area (Å²) in [6.45, 7) is 3.43. The van der Waals surface area contributed by atoms with Gasteiger partial charge in [0.2, 0.25) is 0 Å². The van der Waals surface area contributed by atoms with Gasteiger partial charge in [-0.15, -0.1) is 11.3 Å². The summed E-state index contributed by atoms with van der Waals surface area (Å²) in [6, 6.07) is 5.21. The molecule has 1 aromatic heterocycles. The fraction of sp³-hybridized carbons (Fsp3) is 0.389. The highest BCUT2D eigenvalue weighted by Crippen LogP contribution is 2.41. The number of anilines is 1. The molecule has 144 valence electrons. The van der Waals surface area contributed by atoms with Gasteiger partial charge in [-0.25, -0.2) is 9.78 Å². The lowest BCUT2D eigenvalue weighted by atomic mass is 10.1. The van der Waals surface area contributed by atoms with Gasteiger partial charge >= 0.3 is 6.16 Å². The number of thiazole rings is 1. The molecule has 0 saturated heterocycles. The lowest BCUT2D eigenvalue weighted by molar-refractivity contribution is 0.0725. The average molecular weight is 409 g/mol. The monoisotopic (exact) mass is 408 g/mol. The second kappa shape index (κ2) is 8.18. The van der Waals surface area contributed by atoms with E-state index in [9.17, 15) is 13.8 Å². The van der Waals surface area contributed by atoms with Gasteiger partial charge in [-0.1, -0.05) is 6.07 Å². The summed E-state index contributed by atoms with van der Waals surface area (Å²) in [5.41, 5.74) is 1.23. The number of benzene rings is 1. The molecule has 9 heteroatoms. The van der Waals surface area contributed by atoms with E-state index in [0.29, 0.717) is 16.1 Å². The van der Waals surface area contributed by atoms with Crippen molar-refractivity contribution in [3.05, 3.63) is 34.7 Å². The third-order valence-corrected chi connectivity index (χ3v) is 5.53. The topological polar surface area (TPSA) is 94.6 Å². The van der Waals surface area contributed by atoms with Gasteiger partial charge in [0.25, 0.3) is 5.91 Å². The van der Waals surface area contributed by atoms with Crippen LogP contribution in [0.5, 0.6) is 5.75 Å². The maximum atomic E-state index is 12.7. The molecular formula is C18H20N2O5S2. The van der Waals surface area contributed by atoms with Gasteiger partial charge < -0.3 is 9.47 Å². The first-order valence-electron chi connectivity index (χ1n) is 8.46. The maximum Gasteiger partial charge on any atom is 0.514 e. The Morgan fingerprint density at radius 1 is 1.33 bits per heavy atom. The predicted molar refractivity (Wildman–Crippen MR) is 103 cm³/mol. The zero-order valence-corrected chi connectivity index (χ0v) is 16.8. The van der Waals surface area contributed by atoms with Crippen molar-refractivity contribution in [2.45, 2.75) is 43.7 Å². The number of carbonyl (C=O) groups is 2. The van der Waals surface area contributed by atoms with Crippen LogP contribution < -0.4 is 10.1 Å². The summed E-state index contributed by atoms with van der Waals surface area (Å²) < 4.78 is 21.8. The third-order valence-electron chi connectivity index (χ3n) is 3.82. The van der Waals surface area contributed by atoms with E-state index < -0.39 is 22.9 Å². The first kappa shape index (κ1) is 19.5. The minimum atomic E-state index is -1.22. The Morgan fingerprint density at radius 3 is 2.67 bits per heavy atom. The molecule has 1 heterocycles. The molecule has 0 spiro atoms. The van der Waals surface area contributed by atoms with E-state index >= 15 is 0 Å². The number of hydrogen-bond donors (Lipinski definition) is 1. The minimum absolute atomic E-state index is 0.151. The molecule has 1 amide bonds. The summed E-state index contributed by atoms with van der Waals surface area (Å²) in [5.74, 6) is 0.123. The summed E-state index contributed by atoms with van der Waals surface area (Å²) >= 11 is 1.18. The summed E-state index contributed by atoms with van der Waals surface area (Å²) in [4.78, 5) is 28.7. The summed E-state index contributed by atoms with van der Waals surface area (Å²) in [6.07, 6.45) is 2.49. The molecule has 0 bridgehead atoms. The molecule has 7 nitrogen and oxygen atoms in total. The van der Waals surface area contributed by atoms with Crippen molar-refractivity contribution in [1.82, 2.24) is 4.98 Å². The van der Waals surface area contributed by atoms with E-state index in [4.69, 9.17) is 9.47 Å². The molecule has 0 radical (unpaired) electrons. The van der Waals surface area contributed by atoms with Crippen molar-refractivity contribution < 1.29 is 23.3 Å². The number of aromatic nitrogens is 1. The molecule has 1 N–H and O–H groups in total. The molecule has 1 aromatic carbocycles. The van der Waals surface area contributed by atoms with Crippen molar-refractivity contribution in [3.63, 3.8) is 0 Å². The van der Waals surface area contributed by atoms with E-state index in [2.05, 4.69) is 10.3 Å². The largest absolute Gasteiger partial charge is 0.514 e. The Bertz CT molecular complexity index is 890. The number of nitrogens with one attached hydrogen (secondary N) is 1. The normalized spacial score (nSPS) is 14.7. The van der Waals surface area contributed by atoms with Gasteiger partial charge in [-0.2, -0.15) is 0 Å². The highest BCUT2D eigenvalue weighted by atomic mass is 32.2. The van der Waals surface area contributed by atoms with Crippen molar-refractivity contribution in [3.8, 4) is 5.75 Å². The van der Waals surface area contributed by atoms with Gasteiger partial charge in [0.15, 0.2) is 5.13 Å². The Morgan fingerprint density at radius 2 is 2.07 bits per heavy atom. The minimum Gasteiger partial charge on any atom is -0.431 e. The standard InChI is InChI=1S/C18H20N2O5S2/c1-10(2)24-18(22)25-14-8-12(11-4-5-11)6-7-13(14)16(21)20-17-19-15(9-26-17)27(3)23/h6-11H,4-5H2,1-3H3,(H,19,20,21). The van der Waals surface area contributed by atoms with Gasteiger partial charge in [0.05, 0.1) is 22.5 Å². The van der Waals surface area contributed by atoms with Crippen LogP contribution in [-0.2, 0) is 15.5 Å². The van der Waals surface area contributed by atoms with Crippen LogP contribution in [0.3, 0.4) is 0 Å². The molecular weight excluding hydrogens is 388 g/mol. The Kier molecular flexibility index (Phi) is 5.91. The average Bonchev–Trinajstić information content (AvgIpc) is 3.33. The molecule has 1 unspecified atom stereocenters. The number of hydrogen-bond acceptors (Lipinski definition) is 7. The highest BCUT2D eigenvalue weighted by Gasteiger charge is 2.26. The van der Waals surface area contributed by atoms with Crippen LogP contribution in [-0.4, -0.2) is 33.6 Å². The third kappa shape index (κ3) is 5.14. The van der Waals surface area contributed by atoms with Crippen LogP contribution in [0.4, 0.5) is 9.93 Å². The molecule has 2 aromatic rings. The summed E-state index contributed by atoms with van der Waals surface area (Å²) in [5, 5.41) is 5.00. The van der Waals surface area contributed by atoms with Gasteiger partial charge in [-0.3, -0.25) is 14.3 Å². The molecule has 1 aliphatic rings. The van der Waals surface area contributed by atoms with Crippen LogP contribution >= 0.6 is 11.3 Å². The Labute approximate surface area is 163 Å². The molecule has 3 rings (SSSR count). The maximum absolute atomic E-state index is 12.7. The predicted octanol–water partition coefficient (Wildman–Crippen LogP) is 3.93. The van der Waals surface area contributed by atoms with Crippen LogP contribution in [0.2, 0.25) is 0 Å². The van der Waals surface area contributed by atoms with E-state index in [0.717, 1.165) is 18.4 Å². The second-order valence-electron chi connectivity index (χ2n) is 6.45. The van der Waals surface area contributed by atoms with Crippen LogP contribution in [0, 0.1) is 0 Å².